The van der Waals surface area contributed by atoms with Gasteiger partial charge in [0.15, 0.2) is 11.8 Å². The van der Waals surface area contributed by atoms with Crippen molar-refractivity contribution in [3.8, 4) is 0 Å². The molecule has 5 aromatic carbocycles. The number of hydroxylamine groups is 1. The first-order chi connectivity index (χ1) is 34.7. The van der Waals surface area contributed by atoms with E-state index < -0.39 is 48.0 Å². The van der Waals surface area contributed by atoms with Crippen molar-refractivity contribution in [3.05, 3.63) is 152 Å². The Hall–Kier alpha value is -4.04. The summed E-state index contributed by atoms with van der Waals surface area (Å²) in [6.07, 6.45) is 6.29. The zero-order valence-electron chi connectivity index (χ0n) is 40.1. The minimum Gasteiger partial charge on any atom is -0.317 e. The average Bonchev–Trinajstić information content (AvgIpc) is 4.08. The van der Waals surface area contributed by atoms with Gasteiger partial charge in [-0.05, 0) is 73.0 Å². The minimum absolute atomic E-state index is 0.291. The highest BCUT2D eigenvalue weighted by Crippen LogP contribution is 2.49. The number of nitrogens with one attached hydrogen (secondary N) is 1. The van der Waals surface area contributed by atoms with E-state index in [0.29, 0.717) is 48.5 Å². The number of benzene rings is 5. The molecule has 73 heavy (non-hydrogen) atoms. The van der Waals surface area contributed by atoms with Crippen molar-refractivity contribution < 1.29 is 47.8 Å². The topological polar surface area (TPSA) is 178 Å². The molecule has 0 amide bonds. The molecular weight excluding hydrogens is 1130 g/mol. The van der Waals surface area contributed by atoms with Gasteiger partial charge >= 0.3 is 20.2 Å². The van der Waals surface area contributed by atoms with Crippen LogP contribution in [0.1, 0.15) is 50.6 Å². The summed E-state index contributed by atoms with van der Waals surface area (Å²) in [5.74, 6) is -1.74. The van der Waals surface area contributed by atoms with Crippen molar-refractivity contribution in [1.82, 2.24) is 5.48 Å². The standard InChI is InChI=1S/C22H17ClN2O3S3.C19H17Cl2N3O6S4.C4H10.2C2H4/c1-2-24-20(30-19-9-7-14-5-3-4-6-16(14)22(19)24)12-21-25(13-31(26,27)28)17-11-15(23)8-10-18(17)29-21;1-2-22-30-34(28,29)11-24-15-8-13(21)4-6-17(15)32-19(24)9-18-23(10-33(25,26)27)14-7-12(20)3-5-16(14)31-18;1-3-4-2;2*1-2/h3-12H,2,13H2,1H3;3-9,22H,2,10-11H2,1H3;3-4H2,1-2H3;2*1-2H2/p+2. The fourth-order valence-electron chi connectivity index (χ4n) is 7.11. The highest BCUT2D eigenvalue weighted by Gasteiger charge is 2.34. The molecule has 24 heteroatoms. The molecule has 3 N–H and O–H groups in total. The van der Waals surface area contributed by atoms with Crippen molar-refractivity contribution in [2.75, 3.05) is 28.1 Å². The second-order valence-electron chi connectivity index (χ2n) is 15.2. The second-order valence-corrected chi connectivity index (χ2v) is 25.2. The van der Waals surface area contributed by atoms with Gasteiger partial charge in [-0.3, -0.25) is 9.11 Å². The van der Waals surface area contributed by atoms with Crippen molar-refractivity contribution in [1.29, 1.82) is 0 Å². The summed E-state index contributed by atoms with van der Waals surface area (Å²) in [4.78, 5) is 4.78. The number of unbranched alkanes of at least 4 members (excludes halogenated alkanes) is 1. The first kappa shape index (κ1) is 59.8. The molecule has 4 heterocycles. The van der Waals surface area contributed by atoms with Crippen LogP contribution in [0.25, 0.3) is 43.4 Å². The Labute approximate surface area is 458 Å². The zero-order valence-corrected chi connectivity index (χ0v) is 48.1. The smallest absolute Gasteiger partial charge is 0.317 e. The molecule has 0 saturated heterocycles. The SMILES string of the molecule is C=C.C=C.CCCC.CCNOS(=O)(=O)CN1C(=Cc2sc3ccc(Cl)cc3[n+]2CS(=O)(=O)O)Sc2ccc(Cl)cc21.CC[n+]1c(C=C2Sc3ccc(Cl)cc3N2CS(=O)(=O)O)sc2ccc3ccccc3c21. The zero-order chi connectivity index (χ0) is 53.8. The molecule has 14 nitrogen and oxygen atoms in total. The maximum absolute atomic E-state index is 12.5. The number of aryl methyl sites for hydroxylation is 1. The number of fused-ring (bicyclic) bond motifs is 6. The van der Waals surface area contributed by atoms with E-state index in [4.69, 9.17) is 39.1 Å². The fourth-order valence-corrected chi connectivity index (χ4v) is 14.6. The lowest BCUT2D eigenvalue weighted by molar-refractivity contribution is -0.664. The van der Waals surface area contributed by atoms with E-state index in [1.165, 1.54) is 73.5 Å². The van der Waals surface area contributed by atoms with Gasteiger partial charge in [-0.25, -0.2) is 0 Å². The van der Waals surface area contributed by atoms with Gasteiger partial charge in [0.1, 0.15) is 15.9 Å². The summed E-state index contributed by atoms with van der Waals surface area (Å²) in [6, 6.07) is 28.0. The number of nitrogens with zero attached hydrogens (tertiary/aromatic N) is 4. The first-order valence-electron chi connectivity index (χ1n) is 22.1. The summed E-state index contributed by atoms with van der Waals surface area (Å²) >= 11 is 24.1. The van der Waals surface area contributed by atoms with Gasteiger partial charge in [-0.2, -0.15) is 44.2 Å². The lowest BCUT2D eigenvalue weighted by atomic mass is 10.1. The van der Waals surface area contributed by atoms with Gasteiger partial charge in [0.25, 0.3) is 26.0 Å². The predicted molar refractivity (Wildman–Crippen MR) is 307 cm³/mol. The number of halogens is 3. The number of aromatic nitrogens is 2. The molecule has 0 fully saturated rings. The van der Waals surface area contributed by atoms with Gasteiger partial charge in [0.2, 0.25) is 11.0 Å². The molecule has 0 saturated carbocycles. The molecule has 0 aliphatic carbocycles. The number of thiazole rings is 2. The lowest BCUT2D eigenvalue weighted by Crippen LogP contribution is -2.39. The van der Waals surface area contributed by atoms with Gasteiger partial charge in [0.05, 0.1) is 39.0 Å². The molecule has 390 valence electrons. The van der Waals surface area contributed by atoms with E-state index in [1.54, 1.807) is 77.8 Å². The van der Waals surface area contributed by atoms with Crippen LogP contribution in [0, 0.1) is 0 Å². The van der Waals surface area contributed by atoms with Crippen LogP contribution < -0.4 is 24.4 Å². The van der Waals surface area contributed by atoms with E-state index >= 15 is 0 Å². The van der Waals surface area contributed by atoms with Crippen molar-refractivity contribution in [2.45, 2.75) is 62.7 Å². The molecule has 7 aromatic rings. The Balaban J connectivity index is 0.000000238. The van der Waals surface area contributed by atoms with E-state index in [1.807, 2.05) is 24.3 Å². The Kier molecular flexibility index (Phi) is 21.8. The van der Waals surface area contributed by atoms with Crippen LogP contribution >= 0.6 is 81.0 Å². The Morgan fingerprint density at radius 2 is 1.15 bits per heavy atom. The molecule has 2 aromatic heterocycles. The summed E-state index contributed by atoms with van der Waals surface area (Å²) in [5.41, 5.74) is 5.27. The Morgan fingerprint density at radius 3 is 1.68 bits per heavy atom. The van der Waals surface area contributed by atoms with Crippen molar-refractivity contribution >= 4 is 166 Å². The minimum atomic E-state index is -4.38. The molecule has 0 radical (unpaired) electrons. The maximum atomic E-state index is 12.5. The van der Waals surface area contributed by atoms with E-state index in [9.17, 15) is 34.4 Å². The lowest BCUT2D eigenvalue weighted by Gasteiger charge is -2.19. The number of hydrogen-bond acceptors (Lipinski definition) is 14. The maximum Gasteiger partial charge on any atom is 0.326 e. The van der Waals surface area contributed by atoms with Crippen molar-refractivity contribution in [2.24, 2.45) is 0 Å². The average molecular weight is 1190 g/mol. The summed E-state index contributed by atoms with van der Waals surface area (Å²) in [6.45, 7) is 21.2. The highest BCUT2D eigenvalue weighted by atomic mass is 35.5. The van der Waals surface area contributed by atoms with Gasteiger partial charge in [-0.15, -0.1) is 26.3 Å². The van der Waals surface area contributed by atoms with Crippen LogP contribution in [-0.2, 0) is 47.1 Å². The molecule has 2 aliphatic heterocycles. The Morgan fingerprint density at radius 1 is 0.644 bits per heavy atom. The highest BCUT2D eigenvalue weighted by molar-refractivity contribution is 8.04. The van der Waals surface area contributed by atoms with Crippen LogP contribution in [0.4, 0.5) is 11.4 Å². The monoisotopic (exact) mass is 1190 g/mol. The fraction of sp³-hybridized carbons (Fsp3) is 0.224. The molecule has 0 bridgehead atoms. The first-order valence-corrected chi connectivity index (χ1v) is 31.3. The van der Waals surface area contributed by atoms with Crippen LogP contribution in [0.3, 0.4) is 0 Å². The number of thioether (sulfide) groups is 2. The molecular formula is C49H54Cl3N5O9S7+2. The summed E-state index contributed by atoms with van der Waals surface area (Å²) in [5, 5.41) is 6.41. The third kappa shape index (κ3) is 15.5. The van der Waals surface area contributed by atoms with Crippen molar-refractivity contribution in [3.63, 3.8) is 0 Å². The molecule has 2 aliphatic rings. The molecule has 9 rings (SSSR count). The third-order valence-electron chi connectivity index (χ3n) is 10.2. The number of rotatable bonds is 13. The van der Waals surface area contributed by atoms with Crippen LogP contribution in [0.5, 0.6) is 0 Å². The van der Waals surface area contributed by atoms with Gasteiger partial charge in [-0.1, -0.05) is 139 Å². The van der Waals surface area contributed by atoms with Crippen LogP contribution in [0.15, 0.2) is 137 Å². The molecule has 0 spiro atoms. The molecule has 0 atom stereocenters. The van der Waals surface area contributed by atoms with Crippen LogP contribution in [0.2, 0.25) is 15.1 Å². The quantitative estimate of drug-likeness (QED) is 0.0430. The molecule has 0 unspecified atom stereocenters. The van der Waals surface area contributed by atoms with Gasteiger partial charge < -0.3 is 9.80 Å². The summed E-state index contributed by atoms with van der Waals surface area (Å²) in [7, 11) is -12.6. The summed E-state index contributed by atoms with van der Waals surface area (Å²) < 4.78 is 101. The third-order valence-corrected chi connectivity index (χ3v) is 17.5. The van der Waals surface area contributed by atoms with Gasteiger partial charge in [0, 0.05) is 37.5 Å². The van der Waals surface area contributed by atoms with E-state index in [2.05, 4.69) is 81.4 Å². The normalized spacial score (nSPS) is 14.2. The number of anilines is 2. The predicted octanol–water partition coefficient (Wildman–Crippen LogP) is 13.3. The second kappa shape index (κ2) is 26.6. The number of hydrogen-bond donors (Lipinski definition) is 3. The van der Waals surface area contributed by atoms with E-state index in [0.717, 1.165) is 35.8 Å². The largest absolute Gasteiger partial charge is 0.326 e. The van der Waals surface area contributed by atoms with E-state index in [-0.39, 0.29) is 0 Å². The van der Waals surface area contributed by atoms with Crippen LogP contribution in [-0.4, -0.2) is 52.7 Å². The Bertz CT molecular complexity index is 3510.